The second kappa shape index (κ2) is 7.67. The number of benzene rings is 1. The molecule has 0 aliphatic rings. The Morgan fingerprint density at radius 2 is 1.81 bits per heavy atom. The lowest BCUT2D eigenvalue weighted by atomic mass is 9.96. The monoisotopic (exact) mass is 292 g/mol. The summed E-state index contributed by atoms with van der Waals surface area (Å²) in [4.78, 5) is 24.7. The van der Waals surface area contributed by atoms with Gasteiger partial charge in [0.05, 0.1) is 0 Å². The summed E-state index contributed by atoms with van der Waals surface area (Å²) >= 11 is 0. The average molecular weight is 292 g/mol. The first-order valence-electron chi connectivity index (χ1n) is 7.21. The molecule has 0 aliphatic heterocycles. The lowest BCUT2D eigenvalue weighted by Crippen LogP contribution is -2.42. The normalized spacial score (nSPS) is 13.5. The van der Waals surface area contributed by atoms with Crippen molar-refractivity contribution < 1.29 is 14.7 Å². The van der Waals surface area contributed by atoms with Crippen molar-refractivity contribution in [2.75, 3.05) is 12.3 Å². The number of carboxylic acids is 1. The zero-order chi connectivity index (χ0) is 16.0. The number of carboxylic acid groups (broad SMARTS) is 1. The minimum Gasteiger partial charge on any atom is -0.480 e. The molecule has 2 unspecified atom stereocenters. The van der Waals surface area contributed by atoms with E-state index in [1.807, 2.05) is 32.9 Å². The van der Waals surface area contributed by atoms with E-state index in [2.05, 4.69) is 0 Å². The van der Waals surface area contributed by atoms with Crippen LogP contribution in [0.2, 0.25) is 0 Å². The molecule has 5 heteroatoms. The molecule has 3 N–H and O–H groups in total. The van der Waals surface area contributed by atoms with E-state index in [9.17, 15) is 9.59 Å². The maximum Gasteiger partial charge on any atom is 0.323 e. The summed E-state index contributed by atoms with van der Waals surface area (Å²) < 4.78 is 0. The smallest absolute Gasteiger partial charge is 0.323 e. The largest absolute Gasteiger partial charge is 0.480 e. The molecule has 0 saturated carbocycles. The molecule has 5 nitrogen and oxygen atoms in total. The Balaban J connectivity index is 2.75. The summed E-state index contributed by atoms with van der Waals surface area (Å²) in [5.41, 5.74) is 7.36. The predicted octanol–water partition coefficient (Wildman–Crippen LogP) is 2.47. The Labute approximate surface area is 125 Å². The van der Waals surface area contributed by atoms with Crippen molar-refractivity contribution in [3.8, 4) is 0 Å². The third kappa shape index (κ3) is 5.10. The molecule has 1 aromatic rings. The quantitative estimate of drug-likeness (QED) is 0.756. The van der Waals surface area contributed by atoms with Gasteiger partial charge < -0.3 is 15.7 Å². The lowest BCUT2D eigenvalue weighted by molar-refractivity contribution is -0.146. The van der Waals surface area contributed by atoms with Crippen LogP contribution in [0.5, 0.6) is 0 Å². The molecule has 116 valence electrons. The van der Waals surface area contributed by atoms with Crippen molar-refractivity contribution in [3.63, 3.8) is 0 Å². The minimum absolute atomic E-state index is 0.0263. The lowest BCUT2D eigenvalue weighted by Gasteiger charge is -2.28. The number of hydrogen-bond donors (Lipinski definition) is 2. The van der Waals surface area contributed by atoms with E-state index in [-0.39, 0.29) is 24.4 Å². The van der Waals surface area contributed by atoms with Crippen molar-refractivity contribution in [1.29, 1.82) is 0 Å². The Kier molecular flexibility index (Phi) is 6.21. The molecule has 2 atom stereocenters. The molecule has 0 heterocycles. The van der Waals surface area contributed by atoms with Gasteiger partial charge in [0.1, 0.15) is 6.54 Å². The van der Waals surface area contributed by atoms with E-state index in [0.29, 0.717) is 12.1 Å². The Morgan fingerprint density at radius 1 is 1.24 bits per heavy atom. The van der Waals surface area contributed by atoms with E-state index in [1.54, 1.807) is 12.1 Å². The van der Waals surface area contributed by atoms with E-state index in [0.717, 1.165) is 12.0 Å². The van der Waals surface area contributed by atoms with Crippen LogP contribution in [0.3, 0.4) is 0 Å². The first kappa shape index (κ1) is 17.0. The number of nitrogens with zero attached hydrogens (tertiary/aromatic N) is 1. The third-order valence-corrected chi connectivity index (χ3v) is 3.74. The van der Waals surface area contributed by atoms with Crippen LogP contribution in [0.25, 0.3) is 0 Å². The SMILES string of the molecule is CCC(C)N(CC(=O)O)C(=O)CC(C)c1ccc(N)cc1. The molecule has 1 amide bonds. The summed E-state index contributed by atoms with van der Waals surface area (Å²) in [6.07, 6.45) is 1.02. The Hall–Kier alpha value is -2.04. The molecule has 0 bridgehead atoms. The van der Waals surface area contributed by atoms with Gasteiger partial charge in [-0.15, -0.1) is 0 Å². The summed E-state index contributed by atoms with van der Waals surface area (Å²) in [6.45, 7) is 5.52. The van der Waals surface area contributed by atoms with E-state index < -0.39 is 5.97 Å². The maximum atomic E-state index is 12.4. The summed E-state index contributed by atoms with van der Waals surface area (Å²) in [5, 5.41) is 8.95. The van der Waals surface area contributed by atoms with Crippen LogP contribution in [-0.4, -0.2) is 34.5 Å². The van der Waals surface area contributed by atoms with Crippen molar-refractivity contribution in [3.05, 3.63) is 29.8 Å². The number of aliphatic carboxylic acids is 1. The molecule has 0 fully saturated rings. The van der Waals surface area contributed by atoms with Crippen LogP contribution >= 0.6 is 0 Å². The van der Waals surface area contributed by atoms with Crippen molar-refractivity contribution in [2.45, 2.75) is 45.6 Å². The highest BCUT2D eigenvalue weighted by molar-refractivity contribution is 5.82. The van der Waals surface area contributed by atoms with Gasteiger partial charge in [0, 0.05) is 18.2 Å². The van der Waals surface area contributed by atoms with Gasteiger partial charge in [-0.05, 0) is 37.0 Å². The molecular weight excluding hydrogens is 268 g/mol. The van der Waals surface area contributed by atoms with Gasteiger partial charge >= 0.3 is 5.97 Å². The van der Waals surface area contributed by atoms with Crippen LogP contribution in [0.1, 0.15) is 45.1 Å². The summed E-state index contributed by atoms with van der Waals surface area (Å²) in [7, 11) is 0. The second-order valence-corrected chi connectivity index (χ2v) is 5.44. The third-order valence-electron chi connectivity index (χ3n) is 3.74. The standard InChI is InChI=1S/C16H24N2O3/c1-4-12(3)18(10-16(20)21)15(19)9-11(2)13-5-7-14(17)8-6-13/h5-8,11-12H,4,9-10,17H2,1-3H3,(H,20,21). The fourth-order valence-electron chi connectivity index (χ4n) is 2.18. The molecular formula is C16H24N2O3. The van der Waals surface area contributed by atoms with E-state index >= 15 is 0 Å². The average Bonchev–Trinajstić information content (AvgIpc) is 2.44. The molecule has 1 rings (SSSR count). The van der Waals surface area contributed by atoms with Gasteiger partial charge in [-0.25, -0.2) is 0 Å². The van der Waals surface area contributed by atoms with Gasteiger partial charge in [0.2, 0.25) is 5.91 Å². The molecule has 0 spiro atoms. The Bertz CT molecular complexity index is 485. The molecule has 1 aromatic carbocycles. The highest BCUT2D eigenvalue weighted by Gasteiger charge is 2.23. The van der Waals surface area contributed by atoms with Crippen LogP contribution < -0.4 is 5.73 Å². The maximum absolute atomic E-state index is 12.4. The van der Waals surface area contributed by atoms with Gasteiger partial charge in [-0.2, -0.15) is 0 Å². The fraction of sp³-hybridized carbons (Fsp3) is 0.500. The van der Waals surface area contributed by atoms with Crippen LogP contribution in [0.15, 0.2) is 24.3 Å². The van der Waals surface area contributed by atoms with Crippen LogP contribution in [0, 0.1) is 0 Å². The van der Waals surface area contributed by atoms with Crippen molar-refractivity contribution in [2.24, 2.45) is 0 Å². The molecule has 21 heavy (non-hydrogen) atoms. The first-order chi connectivity index (χ1) is 9.85. The Morgan fingerprint density at radius 3 is 2.29 bits per heavy atom. The summed E-state index contributed by atoms with van der Waals surface area (Å²) in [6, 6.07) is 7.34. The minimum atomic E-state index is -0.983. The van der Waals surface area contributed by atoms with Gasteiger partial charge in [0.25, 0.3) is 0 Å². The number of carbonyl (C=O) groups excluding carboxylic acids is 1. The molecule has 0 aromatic heterocycles. The van der Waals surface area contributed by atoms with E-state index in [1.165, 1.54) is 4.90 Å². The number of anilines is 1. The number of amides is 1. The number of hydrogen-bond acceptors (Lipinski definition) is 3. The predicted molar refractivity (Wildman–Crippen MR) is 83.0 cm³/mol. The van der Waals surface area contributed by atoms with Crippen LogP contribution in [-0.2, 0) is 9.59 Å². The molecule has 0 aliphatic carbocycles. The number of nitrogen functional groups attached to an aromatic ring is 1. The van der Waals surface area contributed by atoms with E-state index in [4.69, 9.17) is 10.8 Å². The summed E-state index contributed by atoms with van der Waals surface area (Å²) in [5.74, 6) is -1.08. The second-order valence-electron chi connectivity index (χ2n) is 5.44. The zero-order valence-corrected chi connectivity index (χ0v) is 12.9. The zero-order valence-electron chi connectivity index (χ0n) is 12.9. The highest BCUT2D eigenvalue weighted by atomic mass is 16.4. The van der Waals surface area contributed by atoms with Crippen molar-refractivity contribution >= 4 is 17.6 Å². The van der Waals surface area contributed by atoms with Gasteiger partial charge in [-0.1, -0.05) is 26.0 Å². The topological polar surface area (TPSA) is 83.6 Å². The van der Waals surface area contributed by atoms with Crippen molar-refractivity contribution in [1.82, 2.24) is 4.90 Å². The molecule has 0 radical (unpaired) electrons. The van der Waals surface area contributed by atoms with Gasteiger partial charge in [0.15, 0.2) is 0 Å². The fourth-order valence-corrected chi connectivity index (χ4v) is 2.18. The number of carbonyl (C=O) groups is 2. The van der Waals surface area contributed by atoms with Crippen LogP contribution in [0.4, 0.5) is 5.69 Å². The first-order valence-corrected chi connectivity index (χ1v) is 7.21. The molecule has 0 saturated heterocycles. The number of nitrogens with two attached hydrogens (primary N) is 1. The van der Waals surface area contributed by atoms with Gasteiger partial charge in [-0.3, -0.25) is 9.59 Å². The number of rotatable bonds is 7. The highest BCUT2D eigenvalue weighted by Crippen LogP contribution is 2.22.